The summed E-state index contributed by atoms with van der Waals surface area (Å²) in [7, 11) is 3.11. The molecule has 0 unspecified atom stereocenters. The van der Waals surface area contributed by atoms with E-state index in [9.17, 15) is 9.18 Å². The van der Waals surface area contributed by atoms with Gasteiger partial charge in [0.1, 0.15) is 17.3 Å². The fraction of sp³-hybridized carbons (Fsp3) is 0.107. The number of methoxy groups -OCH3 is 2. The molecule has 36 heavy (non-hydrogen) atoms. The summed E-state index contributed by atoms with van der Waals surface area (Å²) < 4.78 is 25.7. The fourth-order valence-corrected chi connectivity index (χ4v) is 4.08. The maximum absolute atomic E-state index is 13.5. The molecule has 8 heteroatoms. The minimum absolute atomic E-state index is 0.297. The SMILES string of the molecule is COc1cc(NC(=O)c2cc(-c3cnn(-c4ccc(F)cc4)c3C)nc3ccccc23)cc(OC)c1. The van der Waals surface area contributed by atoms with Crippen molar-refractivity contribution in [2.45, 2.75) is 6.92 Å². The van der Waals surface area contributed by atoms with E-state index in [-0.39, 0.29) is 11.7 Å². The maximum Gasteiger partial charge on any atom is 0.256 e. The van der Waals surface area contributed by atoms with Crippen LogP contribution in [0.15, 0.2) is 79.0 Å². The monoisotopic (exact) mass is 482 g/mol. The fourth-order valence-electron chi connectivity index (χ4n) is 4.08. The number of carbonyl (C=O) groups excluding carboxylic acids is 1. The second kappa shape index (κ2) is 9.50. The lowest BCUT2D eigenvalue weighted by atomic mass is 10.0. The molecular formula is C28H23FN4O3. The third-order valence-corrected chi connectivity index (χ3v) is 5.93. The van der Waals surface area contributed by atoms with E-state index < -0.39 is 0 Å². The van der Waals surface area contributed by atoms with Gasteiger partial charge in [-0.05, 0) is 43.3 Å². The molecule has 0 saturated carbocycles. The van der Waals surface area contributed by atoms with Crippen molar-refractivity contribution >= 4 is 22.5 Å². The number of fused-ring (bicyclic) bond motifs is 1. The van der Waals surface area contributed by atoms with E-state index in [4.69, 9.17) is 14.5 Å². The minimum atomic E-state index is -0.315. The number of nitrogens with one attached hydrogen (secondary N) is 1. The number of carbonyl (C=O) groups is 1. The number of para-hydroxylation sites is 1. The summed E-state index contributed by atoms with van der Waals surface area (Å²) in [5.41, 5.74) is 4.59. The Labute approximate surface area is 207 Å². The van der Waals surface area contributed by atoms with Gasteiger partial charge in [0.05, 0.1) is 48.6 Å². The van der Waals surface area contributed by atoms with E-state index in [0.29, 0.717) is 34.0 Å². The van der Waals surface area contributed by atoms with Gasteiger partial charge in [0.2, 0.25) is 0 Å². The second-order valence-corrected chi connectivity index (χ2v) is 8.16. The smallest absolute Gasteiger partial charge is 0.256 e. The van der Waals surface area contributed by atoms with Crippen LogP contribution in [-0.2, 0) is 0 Å². The van der Waals surface area contributed by atoms with Gasteiger partial charge in [0.15, 0.2) is 0 Å². The van der Waals surface area contributed by atoms with Crippen molar-refractivity contribution in [2.75, 3.05) is 19.5 Å². The molecule has 2 aromatic heterocycles. The molecule has 1 N–H and O–H groups in total. The first-order valence-electron chi connectivity index (χ1n) is 11.2. The average Bonchev–Trinajstić information content (AvgIpc) is 3.29. The number of pyridine rings is 1. The summed E-state index contributed by atoms with van der Waals surface area (Å²) in [6.45, 7) is 1.91. The molecule has 2 heterocycles. The van der Waals surface area contributed by atoms with Crippen LogP contribution in [0.5, 0.6) is 11.5 Å². The highest BCUT2D eigenvalue weighted by atomic mass is 19.1. The van der Waals surface area contributed by atoms with Crippen LogP contribution in [0.4, 0.5) is 10.1 Å². The van der Waals surface area contributed by atoms with Gasteiger partial charge in [-0.25, -0.2) is 14.1 Å². The van der Waals surface area contributed by atoms with Crippen LogP contribution in [0.2, 0.25) is 0 Å². The number of halogens is 1. The van der Waals surface area contributed by atoms with Crippen LogP contribution in [-0.4, -0.2) is 34.9 Å². The first kappa shape index (κ1) is 23.0. The summed E-state index contributed by atoms with van der Waals surface area (Å²) >= 11 is 0. The summed E-state index contributed by atoms with van der Waals surface area (Å²) in [6, 6.07) is 20.5. The Morgan fingerprint density at radius 3 is 2.33 bits per heavy atom. The molecule has 0 spiro atoms. The standard InChI is InChI=1S/C28H23FN4O3/c1-17-25(16-30-33(17)20-10-8-18(29)9-11-20)27-15-24(23-6-4-5-7-26(23)32-27)28(34)31-19-12-21(35-2)14-22(13-19)36-3/h4-16H,1-3H3,(H,31,34). The topological polar surface area (TPSA) is 78.3 Å². The van der Waals surface area contributed by atoms with Gasteiger partial charge >= 0.3 is 0 Å². The largest absolute Gasteiger partial charge is 0.497 e. The van der Waals surface area contributed by atoms with Gasteiger partial charge in [-0.2, -0.15) is 5.10 Å². The normalized spacial score (nSPS) is 10.9. The van der Waals surface area contributed by atoms with Gasteiger partial charge in [-0.3, -0.25) is 4.79 Å². The van der Waals surface area contributed by atoms with Gasteiger partial charge < -0.3 is 14.8 Å². The lowest BCUT2D eigenvalue weighted by molar-refractivity contribution is 0.102. The molecule has 0 fully saturated rings. The Balaban J connectivity index is 1.57. The zero-order valence-electron chi connectivity index (χ0n) is 19.9. The van der Waals surface area contributed by atoms with Gasteiger partial charge in [0, 0.05) is 34.8 Å². The molecule has 0 radical (unpaired) electrons. The van der Waals surface area contributed by atoms with E-state index in [1.807, 2.05) is 31.2 Å². The lowest BCUT2D eigenvalue weighted by Crippen LogP contribution is -2.13. The first-order valence-corrected chi connectivity index (χ1v) is 11.2. The maximum atomic E-state index is 13.5. The molecule has 0 aliphatic carbocycles. The number of rotatable bonds is 6. The highest BCUT2D eigenvalue weighted by molar-refractivity contribution is 6.13. The summed E-state index contributed by atoms with van der Waals surface area (Å²) in [5.74, 6) is 0.514. The predicted molar refractivity (Wildman–Crippen MR) is 136 cm³/mol. The van der Waals surface area contributed by atoms with Gasteiger partial charge in [-0.1, -0.05) is 18.2 Å². The average molecular weight is 483 g/mol. The van der Waals surface area contributed by atoms with E-state index in [0.717, 1.165) is 22.3 Å². The molecule has 0 atom stereocenters. The van der Waals surface area contributed by atoms with E-state index in [1.165, 1.54) is 12.1 Å². The molecule has 5 rings (SSSR count). The molecule has 5 aromatic rings. The number of nitrogens with zero attached hydrogens (tertiary/aromatic N) is 3. The Kier molecular flexibility index (Phi) is 6.08. The number of benzene rings is 3. The predicted octanol–water partition coefficient (Wildman–Crippen LogP) is 5.80. The third-order valence-electron chi connectivity index (χ3n) is 5.93. The third kappa shape index (κ3) is 4.36. The van der Waals surface area contributed by atoms with E-state index in [2.05, 4.69) is 10.4 Å². The van der Waals surface area contributed by atoms with Crippen molar-refractivity contribution < 1.29 is 18.7 Å². The molecule has 0 saturated heterocycles. The zero-order valence-corrected chi connectivity index (χ0v) is 19.9. The highest BCUT2D eigenvalue weighted by Crippen LogP contribution is 2.30. The summed E-state index contributed by atoms with van der Waals surface area (Å²) in [5, 5.41) is 8.14. The van der Waals surface area contributed by atoms with Crippen LogP contribution in [0.1, 0.15) is 16.1 Å². The Morgan fingerprint density at radius 2 is 1.64 bits per heavy atom. The number of aromatic nitrogens is 3. The van der Waals surface area contributed by atoms with Crippen molar-refractivity contribution in [1.29, 1.82) is 0 Å². The van der Waals surface area contributed by atoms with Crippen LogP contribution in [0.3, 0.4) is 0 Å². The first-order chi connectivity index (χ1) is 17.5. The Bertz CT molecular complexity index is 1560. The lowest BCUT2D eigenvalue weighted by Gasteiger charge is -2.12. The second-order valence-electron chi connectivity index (χ2n) is 8.16. The molecule has 180 valence electrons. The number of hydrogen-bond donors (Lipinski definition) is 1. The molecule has 3 aromatic carbocycles. The van der Waals surface area contributed by atoms with Crippen molar-refractivity contribution in [2.24, 2.45) is 0 Å². The van der Waals surface area contributed by atoms with Crippen LogP contribution in [0.25, 0.3) is 27.8 Å². The quantitative estimate of drug-likeness (QED) is 0.331. The molecule has 0 aliphatic heterocycles. The van der Waals surface area contributed by atoms with Crippen molar-refractivity contribution in [3.63, 3.8) is 0 Å². The molecular weight excluding hydrogens is 459 g/mol. The molecule has 0 aliphatic rings. The van der Waals surface area contributed by atoms with Crippen LogP contribution >= 0.6 is 0 Å². The molecule has 1 amide bonds. The number of amides is 1. The minimum Gasteiger partial charge on any atom is -0.497 e. The Morgan fingerprint density at radius 1 is 0.944 bits per heavy atom. The van der Waals surface area contributed by atoms with E-state index >= 15 is 0 Å². The molecule has 7 nitrogen and oxygen atoms in total. The van der Waals surface area contributed by atoms with Crippen molar-refractivity contribution in [3.05, 3.63) is 96.1 Å². The van der Waals surface area contributed by atoms with Gasteiger partial charge in [0.25, 0.3) is 5.91 Å². The number of anilines is 1. The number of ether oxygens (including phenoxy) is 2. The van der Waals surface area contributed by atoms with Crippen molar-refractivity contribution in [1.82, 2.24) is 14.8 Å². The van der Waals surface area contributed by atoms with E-state index in [1.54, 1.807) is 61.5 Å². The summed E-state index contributed by atoms with van der Waals surface area (Å²) in [4.78, 5) is 18.3. The van der Waals surface area contributed by atoms with Crippen LogP contribution in [0, 0.1) is 12.7 Å². The molecule has 0 bridgehead atoms. The zero-order chi connectivity index (χ0) is 25.2. The van der Waals surface area contributed by atoms with Crippen LogP contribution < -0.4 is 14.8 Å². The summed E-state index contributed by atoms with van der Waals surface area (Å²) in [6.07, 6.45) is 1.70. The van der Waals surface area contributed by atoms with Crippen molar-refractivity contribution in [3.8, 4) is 28.4 Å². The highest BCUT2D eigenvalue weighted by Gasteiger charge is 2.18. The number of hydrogen-bond acceptors (Lipinski definition) is 5. The Hall–Kier alpha value is -4.72. The van der Waals surface area contributed by atoms with Gasteiger partial charge in [-0.15, -0.1) is 0 Å².